The maximum atomic E-state index is 14.4. The number of alkyl halides is 2. The van der Waals surface area contributed by atoms with Crippen molar-refractivity contribution in [1.29, 1.82) is 0 Å². The van der Waals surface area contributed by atoms with Gasteiger partial charge < -0.3 is 19.3 Å². The average molecular weight is 727 g/mol. The lowest BCUT2D eigenvalue weighted by Crippen LogP contribution is -2.18. The standard InChI is InChI=1S/C30H21Cl3F2N3O6PS/c1-43-28(39)19-5-3-7-22(14-19)44-21-6-2-4-18(13-21)27-37-38(29(46-27)36-20-9-11-24(31)26(33)15-20)16-17-8-10-23(25(32)12-17)30(34,35)45(40,41)42/h2-15H,16H2,1H3,(H2,40,41,42)/b36-29+. The molecule has 0 spiro atoms. The Morgan fingerprint density at radius 1 is 0.957 bits per heavy atom. The molecule has 5 aromatic rings. The molecule has 0 aliphatic rings. The number of halogens is 5. The number of benzene rings is 4. The van der Waals surface area contributed by atoms with Gasteiger partial charge in [0.1, 0.15) is 16.5 Å². The number of carbonyl (C=O) groups is 1. The van der Waals surface area contributed by atoms with Crippen LogP contribution in [0.2, 0.25) is 15.1 Å². The minimum atomic E-state index is -5.82. The third-order valence-electron chi connectivity index (χ3n) is 6.38. The van der Waals surface area contributed by atoms with Crippen molar-refractivity contribution in [2.75, 3.05) is 7.11 Å². The minimum Gasteiger partial charge on any atom is -0.465 e. The van der Waals surface area contributed by atoms with Crippen molar-refractivity contribution in [3.05, 3.63) is 121 Å². The van der Waals surface area contributed by atoms with Crippen molar-refractivity contribution < 1.29 is 37.4 Å². The molecule has 4 aromatic carbocycles. The molecule has 0 aliphatic carbocycles. The van der Waals surface area contributed by atoms with Crippen molar-refractivity contribution in [1.82, 2.24) is 9.78 Å². The van der Waals surface area contributed by atoms with Crippen LogP contribution in [0.4, 0.5) is 14.5 Å². The fourth-order valence-electron chi connectivity index (χ4n) is 4.14. The number of aromatic nitrogens is 2. The van der Waals surface area contributed by atoms with Crippen LogP contribution in [0.1, 0.15) is 21.5 Å². The molecule has 1 aromatic heterocycles. The quantitative estimate of drug-likeness (QED) is 0.115. The highest BCUT2D eigenvalue weighted by molar-refractivity contribution is 7.52. The lowest BCUT2D eigenvalue weighted by molar-refractivity contribution is 0.0565. The summed E-state index contributed by atoms with van der Waals surface area (Å²) >= 11 is 19.5. The largest absolute Gasteiger partial charge is 0.465 e. The predicted molar refractivity (Wildman–Crippen MR) is 172 cm³/mol. The Labute approximate surface area is 279 Å². The Bertz CT molecular complexity index is 2070. The van der Waals surface area contributed by atoms with Gasteiger partial charge in [-0.05, 0) is 60.2 Å². The van der Waals surface area contributed by atoms with E-state index in [2.05, 4.69) is 4.99 Å². The molecule has 2 N–H and O–H groups in total. The van der Waals surface area contributed by atoms with Gasteiger partial charge in [0, 0.05) is 5.56 Å². The first-order chi connectivity index (χ1) is 21.7. The molecule has 1 heterocycles. The molecule has 0 bridgehead atoms. The van der Waals surface area contributed by atoms with Crippen molar-refractivity contribution in [2.24, 2.45) is 4.99 Å². The number of carbonyl (C=O) groups excluding carboxylic acids is 1. The Balaban J connectivity index is 1.52. The van der Waals surface area contributed by atoms with Crippen LogP contribution >= 0.6 is 53.7 Å². The number of hydrogen-bond donors (Lipinski definition) is 2. The first-order valence-corrected chi connectivity index (χ1v) is 16.6. The van der Waals surface area contributed by atoms with Gasteiger partial charge in [-0.1, -0.05) is 76.5 Å². The molecule has 0 aliphatic heterocycles. The predicted octanol–water partition coefficient (Wildman–Crippen LogP) is 8.66. The topological polar surface area (TPSA) is 123 Å². The molecule has 238 valence electrons. The van der Waals surface area contributed by atoms with Crippen LogP contribution in [-0.4, -0.2) is 32.6 Å². The highest BCUT2D eigenvalue weighted by Gasteiger charge is 2.51. The SMILES string of the molecule is COC(=O)c1cccc(Oc2cccc(-c3nn(Cc4ccc(C(F)(F)P(=O)(O)O)c(Cl)c4)/c(=N\c4ccc(Cl)c(Cl)c4)s3)c2)c1. The number of rotatable bonds is 9. The van der Waals surface area contributed by atoms with E-state index in [-0.39, 0.29) is 11.6 Å². The van der Waals surface area contributed by atoms with E-state index in [0.29, 0.717) is 48.7 Å². The third-order valence-corrected chi connectivity index (χ3v) is 9.40. The second-order valence-electron chi connectivity index (χ2n) is 9.61. The summed E-state index contributed by atoms with van der Waals surface area (Å²) in [5.41, 5.74) is -3.60. The van der Waals surface area contributed by atoms with Gasteiger partial charge in [0.2, 0.25) is 4.80 Å². The molecule has 0 radical (unpaired) electrons. The van der Waals surface area contributed by atoms with E-state index in [0.717, 1.165) is 6.07 Å². The van der Waals surface area contributed by atoms with E-state index in [1.54, 1.807) is 66.7 Å². The van der Waals surface area contributed by atoms with Crippen LogP contribution in [0.25, 0.3) is 10.6 Å². The number of nitrogens with zero attached hydrogens (tertiary/aromatic N) is 3. The Hall–Kier alpha value is -3.61. The van der Waals surface area contributed by atoms with Crippen LogP contribution in [0.5, 0.6) is 11.5 Å². The molecule has 0 atom stereocenters. The summed E-state index contributed by atoms with van der Waals surface area (Å²) in [6, 6.07) is 21.7. The van der Waals surface area contributed by atoms with Gasteiger partial charge in [-0.3, -0.25) is 4.57 Å². The van der Waals surface area contributed by atoms with Gasteiger partial charge in [-0.25, -0.2) is 14.5 Å². The third kappa shape index (κ3) is 7.50. The summed E-state index contributed by atoms with van der Waals surface area (Å²) in [4.78, 5) is 35.2. The first-order valence-electron chi connectivity index (χ1n) is 13.0. The number of esters is 1. The minimum absolute atomic E-state index is 0.00858. The first kappa shape index (κ1) is 33.7. The van der Waals surface area contributed by atoms with E-state index >= 15 is 0 Å². The van der Waals surface area contributed by atoms with Gasteiger partial charge in [-0.2, -0.15) is 13.9 Å². The molecule has 0 saturated heterocycles. The van der Waals surface area contributed by atoms with Crippen LogP contribution < -0.4 is 9.54 Å². The van der Waals surface area contributed by atoms with E-state index in [9.17, 15) is 18.1 Å². The molecule has 5 rings (SSSR count). The lowest BCUT2D eigenvalue weighted by Gasteiger charge is -2.19. The summed E-state index contributed by atoms with van der Waals surface area (Å²) < 4.78 is 52.4. The molecule has 0 saturated carbocycles. The molecule has 0 amide bonds. The number of ether oxygens (including phenoxy) is 2. The molecular weight excluding hydrogens is 706 g/mol. The van der Waals surface area contributed by atoms with Crippen molar-refractivity contribution >= 4 is 65.4 Å². The molecule has 9 nitrogen and oxygen atoms in total. The lowest BCUT2D eigenvalue weighted by atomic mass is 10.1. The van der Waals surface area contributed by atoms with Crippen molar-refractivity contribution in [3.63, 3.8) is 0 Å². The van der Waals surface area contributed by atoms with Gasteiger partial charge in [0.05, 0.1) is 45.5 Å². The van der Waals surface area contributed by atoms with Crippen molar-refractivity contribution in [3.8, 4) is 22.1 Å². The van der Waals surface area contributed by atoms with Gasteiger partial charge in [0.25, 0.3) is 0 Å². The van der Waals surface area contributed by atoms with E-state index in [1.807, 2.05) is 0 Å². The highest BCUT2D eigenvalue weighted by atomic mass is 35.5. The van der Waals surface area contributed by atoms with Crippen molar-refractivity contribution in [2.45, 2.75) is 12.2 Å². The molecule has 0 unspecified atom stereocenters. The monoisotopic (exact) mass is 725 g/mol. The van der Waals surface area contributed by atoms with E-state index in [4.69, 9.17) is 59.2 Å². The fourth-order valence-corrected chi connectivity index (χ4v) is 6.25. The second kappa shape index (κ2) is 13.6. The van der Waals surface area contributed by atoms with E-state index in [1.165, 1.54) is 35.3 Å². The maximum Gasteiger partial charge on any atom is 0.399 e. The second-order valence-corrected chi connectivity index (χ2v) is 13.4. The number of methoxy groups -OCH3 is 1. The van der Waals surface area contributed by atoms with Crippen LogP contribution in [0.3, 0.4) is 0 Å². The van der Waals surface area contributed by atoms with Gasteiger partial charge >= 0.3 is 19.2 Å². The summed E-state index contributed by atoms with van der Waals surface area (Å²) in [5, 5.41) is 5.32. The Kier molecular flexibility index (Phi) is 10.00. The zero-order chi connectivity index (χ0) is 33.2. The highest BCUT2D eigenvalue weighted by Crippen LogP contribution is 2.60. The van der Waals surface area contributed by atoms with Crippen LogP contribution in [0, 0.1) is 0 Å². The summed E-state index contributed by atoms with van der Waals surface area (Å²) in [6.45, 7) is 0.00858. The molecule has 0 fully saturated rings. The summed E-state index contributed by atoms with van der Waals surface area (Å²) in [6.07, 6.45) is 0. The average Bonchev–Trinajstić information content (AvgIpc) is 3.40. The van der Waals surface area contributed by atoms with Crippen LogP contribution in [0.15, 0.2) is 89.9 Å². The molecule has 46 heavy (non-hydrogen) atoms. The van der Waals surface area contributed by atoms with Gasteiger partial charge in [-0.15, -0.1) is 0 Å². The summed E-state index contributed by atoms with van der Waals surface area (Å²) in [5.74, 6) is 0.364. The fraction of sp³-hybridized carbons (Fsp3) is 0.100. The normalized spacial score (nSPS) is 12.3. The van der Waals surface area contributed by atoms with E-state index < -0.39 is 29.8 Å². The molecular formula is C30H21Cl3F2N3O6PS. The zero-order valence-corrected chi connectivity index (χ0v) is 27.4. The Morgan fingerprint density at radius 2 is 1.67 bits per heavy atom. The maximum absolute atomic E-state index is 14.4. The Morgan fingerprint density at radius 3 is 2.35 bits per heavy atom. The zero-order valence-electron chi connectivity index (χ0n) is 23.4. The molecule has 16 heteroatoms. The number of hydrogen-bond acceptors (Lipinski definition) is 7. The van der Waals surface area contributed by atoms with Gasteiger partial charge in [0.15, 0.2) is 0 Å². The summed E-state index contributed by atoms with van der Waals surface area (Å²) in [7, 11) is -4.53. The van der Waals surface area contributed by atoms with Crippen LogP contribution in [-0.2, 0) is 21.5 Å². The smallest absolute Gasteiger partial charge is 0.399 e.